The van der Waals surface area contributed by atoms with Crippen molar-refractivity contribution in [3.63, 3.8) is 0 Å². The van der Waals surface area contributed by atoms with Gasteiger partial charge >= 0.3 is 0 Å². The molecule has 4 nitrogen and oxygen atoms in total. The van der Waals surface area contributed by atoms with Crippen LogP contribution in [0.25, 0.3) is 0 Å². The molecular weight excluding hydrogens is 377 g/mol. The maximum atomic E-state index is 5.32. The Morgan fingerprint density at radius 3 is 2.48 bits per heavy atom. The fraction of sp³-hybridized carbons (Fsp3) is 0.938. The van der Waals surface area contributed by atoms with E-state index >= 15 is 0 Å². The Morgan fingerprint density at radius 2 is 1.86 bits per heavy atom. The predicted octanol–water partition coefficient (Wildman–Crippen LogP) is 3.95. The summed E-state index contributed by atoms with van der Waals surface area (Å²) in [6.07, 6.45) is 8.71. The number of aliphatic imine (C=N–C) groups is 1. The van der Waals surface area contributed by atoms with Gasteiger partial charge in [-0.15, -0.1) is 24.0 Å². The summed E-state index contributed by atoms with van der Waals surface area (Å²) in [6.45, 7) is 9.14. The summed E-state index contributed by atoms with van der Waals surface area (Å²) in [6, 6.07) is 0.487. The van der Waals surface area contributed by atoms with Gasteiger partial charge in [-0.25, -0.2) is 0 Å². The van der Waals surface area contributed by atoms with Crippen molar-refractivity contribution in [3.8, 4) is 0 Å². The largest absolute Gasteiger partial charge is 0.382 e. The first-order chi connectivity index (χ1) is 9.74. The molecular formula is C16H36IN3O. The number of unbranched alkanes of at least 4 members (excludes halogenated alkanes) is 4. The number of hydrogen-bond donors (Lipinski definition) is 2. The summed E-state index contributed by atoms with van der Waals surface area (Å²) in [5.41, 5.74) is 0. The van der Waals surface area contributed by atoms with Crippen LogP contribution in [0.2, 0.25) is 0 Å². The highest BCUT2D eigenvalue weighted by molar-refractivity contribution is 14.0. The van der Waals surface area contributed by atoms with Crippen LogP contribution in [0.3, 0.4) is 0 Å². The van der Waals surface area contributed by atoms with E-state index in [2.05, 4.69) is 29.5 Å². The highest BCUT2D eigenvalue weighted by Crippen LogP contribution is 2.05. The number of guanidine groups is 1. The average Bonchev–Trinajstić information content (AvgIpc) is 2.46. The first-order valence-corrected chi connectivity index (χ1v) is 8.29. The fourth-order valence-electron chi connectivity index (χ4n) is 2.06. The van der Waals surface area contributed by atoms with Crippen LogP contribution in [0.15, 0.2) is 4.99 Å². The number of hydrogen-bond acceptors (Lipinski definition) is 2. The highest BCUT2D eigenvalue weighted by Gasteiger charge is 2.04. The smallest absolute Gasteiger partial charge is 0.191 e. The SMILES string of the molecule is CCCCCCC(C)NC(=NC)NCCCCOCC.I. The van der Waals surface area contributed by atoms with Crippen molar-refractivity contribution in [1.29, 1.82) is 0 Å². The lowest BCUT2D eigenvalue weighted by Gasteiger charge is -2.17. The molecule has 0 fully saturated rings. The van der Waals surface area contributed by atoms with Crippen LogP contribution in [0.4, 0.5) is 0 Å². The van der Waals surface area contributed by atoms with Crippen LogP contribution in [-0.4, -0.2) is 38.8 Å². The Balaban J connectivity index is 0. The molecule has 0 spiro atoms. The molecule has 21 heavy (non-hydrogen) atoms. The van der Waals surface area contributed by atoms with E-state index in [1.807, 2.05) is 14.0 Å². The summed E-state index contributed by atoms with van der Waals surface area (Å²) in [7, 11) is 1.83. The molecule has 0 radical (unpaired) electrons. The van der Waals surface area contributed by atoms with Crippen molar-refractivity contribution >= 4 is 29.9 Å². The molecule has 2 N–H and O–H groups in total. The summed E-state index contributed by atoms with van der Waals surface area (Å²) < 4.78 is 5.32. The first kappa shape index (κ1) is 23.2. The molecule has 0 saturated carbocycles. The van der Waals surface area contributed by atoms with Crippen molar-refractivity contribution in [3.05, 3.63) is 0 Å². The van der Waals surface area contributed by atoms with Gasteiger partial charge < -0.3 is 15.4 Å². The molecule has 0 amide bonds. The first-order valence-electron chi connectivity index (χ1n) is 8.29. The van der Waals surface area contributed by atoms with E-state index in [-0.39, 0.29) is 24.0 Å². The second-order valence-corrected chi connectivity index (χ2v) is 5.30. The van der Waals surface area contributed by atoms with Crippen LogP contribution in [0.1, 0.15) is 65.7 Å². The molecule has 0 aromatic heterocycles. The molecule has 0 aromatic rings. The topological polar surface area (TPSA) is 45.7 Å². The number of nitrogens with one attached hydrogen (secondary N) is 2. The average molecular weight is 413 g/mol. The molecule has 0 saturated heterocycles. The molecule has 0 aliphatic heterocycles. The molecule has 0 heterocycles. The van der Waals surface area contributed by atoms with E-state index in [9.17, 15) is 0 Å². The Kier molecular flexibility index (Phi) is 19.9. The van der Waals surface area contributed by atoms with Gasteiger partial charge in [0.1, 0.15) is 0 Å². The van der Waals surface area contributed by atoms with Crippen LogP contribution < -0.4 is 10.6 Å². The van der Waals surface area contributed by atoms with Gasteiger partial charge in [0.2, 0.25) is 0 Å². The zero-order valence-corrected chi connectivity index (χ0v) is 16.7. The molecule has 0 aromatic carbocycles. The van der Waals surface area contributed by atoms with Crippen LogP contribution in [-0.2, 0) is 4.74 Å². The summed E-state index contributed by atoms with van der Waals surface area (Å²) in [4.78, 5) is 4.27. The predicted molar refractivity (Wildman–Crippen MR) is 104 cm³/mol. The van der Waals surface area contributed by atoms with Gasteiger partial charge in [-0.05, 0) is 33.1 Å². The highest BCUT2D eigenvalue weighted by atomic mass is 127. The second-order valence-electron chi connectivity index (χ2n) is 5.30. The lowest BCUT2D eigenvalue weighted by Crippen LogP contribution is -2.42. The van der Waals surface area contributed by atoms with Crippen molar-refractivity contribution in [2.45, 2.75) is 71.8 Å². The third kappa shape index (κ3) is 16.2. The van der Waals surface area contributed by atoms with Gasteiger partial charge in [0.25, 0.3) is 0 Å². The van der Waals surface area contributed by atoms with Gasteiger partial charge in [0, 0.05) is 32.8 Å². The molecule has 128 valence electrons. The Morgan fingerprint density at radius 1 is 1.10 bits per heavy atom. The van der Waals surface area contributed by atoms with E-state index in [0.29, 0.717) is 6.04 Å². The van der Waals surface area contributed by atoms with Gasteiger partial charge in [-0.3, -0.25) is 4.99 Å². The summed E-state index contributed by atoms with van der Waals surface area (Å²) >= 11 is 0. The molecule has 5 heteroatoms. The lowest BCUT2D eigenvalue weighted by atomic mass is 10.1. The minimum Gasteiger partial charge on any atom is -0.382 e. The van der Waals surface area contributed by atoms with E-state index < -0.39 is 0 Å². The van der Waals surface area contributed by atoms with Crippen molar-refractivity contribution < 1.29 is 4.74 Å². The molecule has 0 aliphatic carbocycles. The van der Waals surface area contributed by atoms with E-state index in [0.717, 1.165) is 38.6 Å². The monoisotopic (exact) mass is 413 g/mol. The summed E-state index contributed by atoms with van der Waals surface area (Å²) in [5.74, 6) is 0.921. The minimum absolute atomic E-state index is 0. The van der Waals surface area contributed by atoms with Crippen molar-refractivity contribution in [1.82, 2.24) is 10.6 Å². The van der Waals surface area contributed by atoms with Gasteiger partial charge in [0.05, 0.1) is 0 Å². The lowest BCUT2D eigenvalue weighted by molar-refractivity contribution is 0.143. The maximum Gasteiger partial charge on any atom is 0.191 e. The fourth-order valence-corrected chi connectivity index (χ4v) is 2.06. The van der Waals surface area contributed by atoms with Crippen LogP contribution >= 0.6 is 24.0 Å². The molecule has 0 aliphatic rings. The van der Waals surface area contributed by atoms with Crippen molar-refractivity contribution in [2.75, 3.05) is 26.8 Å². The molecule has 0 rings (SSSR count). The van der Waals surface area contributed by atoms with Gasteiger partial charge in [-0.2, -0.15) is 0 Å². The molecule has 0 bridgehead atoms. The molecule has 1 atom stereocenters. The third-order valence-corrected chi connectivity index (χ3v) is 3.31. The van der Waals surface area contributed by atoms with Crippen molar-refractivity contribution in [2.24, 2.45) is 4.99 Å². The number of halogens is 1. The number of nitrogens with zero attached hydrogens (tertiary/aromatic N) is 1. The Bertz CT molecular complexity index is 238. The maximum absolute atomic E-state index is 5.32. The zero-order valence-electron chi connectivity index (χ0n) is 14.4. The zero-order chi connectivity index (χ0) is 15.1. The number of ether oxygens (including phenoxy) is 1. The van der Waals surface area contributed by atoms with Crippen LogP contribution in [0.5, 0.6) is 0 Å². The summed E-state index contributed by atoms with van der Waals surface area (Å²) in [5, 5.41) is 6.82. The van der Waals surface area contributed by atoms with E-state index in [1.54, 1.807) is 0 Å². The molecule has 1 unspecified atom stereocenters. The van der Waals surface area contributed by atoms with Crippen LogP contribution in [0, 0.1) is 0 Å². The van der Waals surface area contributed by atoms with Gasteiger partial charge in [0.15, 0.2) is 5.96 Å². The Hall–Kier alpha value is -0.0400. The van der Waals surface area contributed by atoms with E-state index in [1.165, 1.54) is 32.1 Å². The quantitative estimate of drug-likeness (QED) is 0.221. The normalized spacial score (nSPS) is 12.7. The third-order valence-electron chi connectivity index (χ3n) is 3.31. The minimum atomic E-state index is 0. The van der Waals surface area contributed by atoms with Gasteiger partial charge in [-0.1, -0.05) is 32.6 Å². The number of rotatable bonds is 12. The standard InChI is InChI=1S/C16H35N3O.HI/c1-5-7-8-9-12-15(3)19-16(17-4)18-13-10-11-14-20-6-2;/h15H,5-14H2,1-4H3,(H2,17,18,19);1H. The Labute approximate surface area is 148 Å². The van der Waals surface area contributed by atoms with E-state index in [4.69, 9.17) is 4.74 Å². The second kappa shape index (κ2) is 18.0.